The van der Waals surface area contributed by atoms with Crippen LogP contribution in [0.25, 0.3) is 0 Å². The first-order valence-electron chi connectivity index (χ1n) is 4.91. The number of hydrogen-bond donors (Lipinski definition) is 2. The molecule has 3 nitrogen and oxygen atoms in total. The average molecular weight is 325 g/mol. The van der Waals surface area contributed by atoms with Crippen molar-refractivity contribution in [1.29, 1.82) is 0 Å². The van der Waals surface area contributed by atoms with Crippen LogP contribution in [0.5, 0.6) is 0 Å². The number of rotatable bonds is 3. The smallest absolute Gasteiger partial charge is 0.392 e. The molecule has 2 unspecified atom stereocenters. The second-order valence-corrected chi connectivity index (χ2v) is 5.62. The minimum Gasteiger partial charge on any atom is -0.392 e. The third-order valence-corrected chi connectivity index (χ3v) is 1.71. The molecule has 0 bridgehead atoms. The van der Waals surface area contributed by atoms with E-state index in [9.17, 15) is 10.2 Å². The van der Waals surface area contributed by atoms with Crippen LogP contribution in [0.15, 0.2) is 0 Å². The average Bonchev–Trinajstić information content (AvgIpc) is 1.79. The summed E-state index contributed by atoms with van der Waals surface area (Å²) in [5.74, 6) is 0. The molecule has 0 saturated heterocycles. The molecule has 0 spiro atoms. The molecule has 0 aromatic rings. The van der Waals surface area contributed by atoms with Gasteiger partial charge in [0.05, 0.1) is 11.7 Å². The van der Waals surface area contributed by atoms with E-state index in [1.807, 2.05) is 41.5 Å². The molecule has 0 aliphatic heterocycles. The summed E-state index contributed by atoms with van der Waals surface area (Å²) in [6.45, 7) is 11.3. The van der Waals surface area contributed by atoms with Crippen molar-refractivity contribution >= 4 is 0 Å². The van der Waals surface area contributed by atoms with Crippen molar-refractivity contribution in [1.82, 2.24) is 0 Å². The van der Waals surface area contributed by atoms with E-state index < -0.39 is 18.0 Å². The minimum absolute atomic E-state index is 0. The molecule has 4 heteroatoms. The molecule has 0 saturated carbocycles. The van der Waals surface area contributed by atoms with E-state index in [1.54, 1.807) is 0 Å². The molecular weight excluding hydrogens is 295 g/mol. The number of ether oxygens (including phenoxy) is 1. The molecule has 2 atom stereocenters. The van der Waals surface area contributed by atoms with Gasteiger partial charge in [0.25, 0.3) is 0 Å². The quantitative estimate of drug-likeness (QED) is 0.620. The Morgan fingerprint density at radius 3 is 1.53 bits per heavy atom. The zero-order valence-corrected chi connectivity index (χ0v) is 15.0. The van der Waals surface area contributed by atoms with E-state index in [0.717, 1.165) is 0 Å². The summed E-state index contributed by atoms with van der Waals surface area (Å²) in [7, 11) is 0. The molecule has 2 N–H and O–H groups in total. The van der Waals surface area contributed by atoms with E-state index in [1.165, 1.54) is 6.42 Å². The Morgan fingerprint density at radius 2 is 1.29 bits per heavy atom. The molecule has 0 amide bonds. The third-order valence-electron chi connectivity index (χ3n) is 1.71. The largest absolute Gasteiger partial charge is 2.00 e. The molecule has 0 aliphatic carbocycles. The molecule has 0 aromatic carbocycles. The fraction of sp³-hybridized carbons (Fsp3) is 0.769. The molecule has 17 heavy (non-hydrogen) atoms. The Labute approximate surface area is 127 Å². The van der Waals surface area contributed by atoms with Gasteiger partial charge >= 0.3 is 26.2 Å². The Hall–Kier alpha value is 0.763. The monoisotopic (exact) mass is 323 g/mol. The summed E-state index contributed by atoms with van der Waals surface area (Å²) < 4.78 is 5.24. The van der Waals surface area contributed by atoms with Gasteiger partial charge in [0, 0.05) is 6.42 Å². The minimum atomic E-state index is -1.02. The second kappa shape index (κ2) is 9.66. The topological polar surface area (TPSA) is 49.7 Å². The molecule has 103 valence electrons. The first kappa shape index (κ1) is 26.4. The van der Waals surface area contributed by atoms with Gasteiger partial charge in [-0.15, -0.1) is 0 Å². The van der Waals surface area contributed by atoms with Gasteiger partial charge in [-0.2, -0.15) is 0 Å². The van der Waals surface area contributed by atoms with Crippen LogP contribution in [0.3, 0.4) is 0 Å². The molecule has 0 aromatic heterocycles. The van der Waals surface area contributed by atoms with Crippen LogP contribution in [-0.4, -0.2) is 28.2 Å². The van der Waals surface area contributed by atoms with Crippen LogP contribution < -0.4 is 0 Å². The van der Waals surface area contributed by atoms with E-state index in [-0.39, 0.29) is 46.5 Å². The zero-order valence-electron chi connectivity index (χ0n) is 12.5. The van der Waals surface area contributed by atoms with Gasteiger partial charge in [-0.1, -0.05) is 20.8 Å². The summed E-state index contributed by atoms with van der Waals surface area (Å²) in [5.41, 5.74) is -0.685. The number of hydrogen-bond acceptors (Lipinski definition) is 3. The van der Waals surface area contributed by atoms with E-state index in [4.69, 9.17) is 4.74 Å². The SMILES string of the molecule is CC(C)(C)OC(O)[CH]C(O)C(C)(C)C.[CH3-].[CH3-].[Zr+2]. The fourth-order valence-electron chi connectivity index (χ4n) is 0.846. The van der Waals surface area contributed by atoms with Crippen LogP contribution >= 0.6 is 0 Å². The van der Waals surface area contributed by atoms with Crippen molar-refractivity contribution < 1.29 is 41.2 Å². The maximum Gasteiger partial charge on any atom is 2.00 e. The van der Waals surface area contributed by atoms with Crippen molar-refractivity contribution in [2.45, 2.75) is 59.5 Å². The van der Waals surface area contributed by atoms with E-state index in [2.05, 4.69) is 0 Å². The van der Waals surface area contributed by atoms with Gasteiger partial charge < -0.3 is 29.8 Å². The Kier molecular flexibility index (Phi) is 15.0. The fourth-order valence-corrected chi connectivity index (χ4v) is 0.846. The third kappa shape index (κ3) is 14.7. The molecular formula is C13H29O3Zr. The summed E-state index contributed by atoms with van der Waals surface area (Å²) in [6.07, 6.45) is -0.297. The Morgan fingerprint density at radius 1 is 0.941 bits per heavy atom. The first-order chi connectivity index (χ1) is 6.02. The second-order valence-electron chi connectivity index (χ2n) is 5.62. The number of aliphatic hydroxyl groups excluding tert-OH is 2. The van der Waals surface area contributed by atoms with Gasteiger partial charge in [-0.25, -0.2) is 0 Å². The summed E-state index contributed by atoms with van der Waals surface area (Å²) in [6, 6.07) is 0. The van der Waals surface area contributed by atoms with Crippen LogP contribution in [0.1, 0.15) is 41.5 Å². The van der Waals surface area contributed by atoms with Crippen molar-refractivity contribution in [2.24, 2.45) is 5.41 Å². The van der Waals surface area contributed by atoms with Gasteiger partial charge in [-0.05, 0) is 26.2 Å². The Bertz CT molecular complexity index is 170. The van der Waals surface area contributed by atoms with E-state index in [0.29, 0.717) is 0 Å². The predicted molar refractivity (Wildman–Crippen MR) is 69.4 cm³/mol. The molecule has 1 radical (unpaired) electrons. The summed E-state index contributed by atoms with van der Waals surface area (Å²) in [4.78, 5) is 0. The van der Waals surface area contributed by atoms with Crippen LogP contribution in [0, 0.1) is 26.7 Å². The maximum atomic E-state index is 9.66. The number of aliphatic hydroxyl groups is 2. The molecule has 0 rings (SSSR count). The summed E-state index contributed by atoms with van der Waals surface area (Å²) in [5, 5.41) is 19.1. The summed E-state index contributed by atoms with van der Waals surface area (Å²) >= 11 is 0. The van der Waals surface area contributed by atoms with Gasteiger partial charge in [0.1, 0.15) is 0 Å². The van der Waals surface area contributed by atoms with Gasteiger partial charge in [0.2, 0.25) is 0 Å². The molecule has 0 heterocycles. The molecule has 0 fully saturated rings. The zero-order chi connectivity index (χ0) is 11.6. The predicted octanol–water partition coefficient (Wildman–Crippen LogP) is 2.63. The van der Waals surface area contributed by atoms with Gasteiger partial charge in [-0.3, -0.25) is 0 Å². The Balaban J connectivity index is -0.000000282. The van der Waals surface area contributed by atoms with E-state index >= 15 is 0 Å². The van der Waals surface area contributed by atoms with Crippen molar-refractivity contribution in [3.8, 4) is 0 Å². The first-order valence-corrected chi connectivity index (χ1v) is 4.91. The standard InChI is InChI=1S/C11H23O3.2CH3.Zr/c1-10(2,3)8(12)7-9(13)14-11(4,5)6;;;/h7-9,12-13H,1-6H3;2*1H3;/q;2*-1;+2. The van der Waals surface area contributed by atoms with Crippen LogP contribution in [0.4, 0.5) is 0 Å². The van der Waals surface area contributed by atoms with Crippen LogP contribution in [0.2, 0.25) is 0 Å². The van der Waals surface area contributed by atoms with Crippen molar-refractivity contribution in [2.75, 3.05) is 0 Å². The van der Waals surface area contributed by atoms with Crippen molar-refractivity contribution in [3.63, 3.8) is 0 Å². The van der Waals surface area contributed by atoms with Crippen LogP contribution in [-0.2, 0) is 30.9 Å². The van der Waals surface area contributed by atoms with Crippen molar-refractivity contribution in [3.05, 3.63) is 21.3 Å². The van der Waals surface area contributed by atoms with Gasteiger partial charge in [0.15, 0.2) is 6.29 Å². The normalized spacial score (nSPS) is 14.8. The molecule has 0 aliphatic rings. The maximum absolute atomic E-state index is 9.66.